The highest BCUT2D eigenvalue weighted by molar-refractivity contribution is 7.58. The lowest BCUT2D eigenvalue weighted by atomic mass is 10.6. The van der Waals surface area contributed by atoms with Crippen molar-refractivity contribution in [2.45, 2.75) is 5.52 Å². The maximum absolute atomic E-state index is 10.6. The highest BCUT2D eigenvalue weighted by Gasteiger charge is 2.48. The molecule has 0 aromatic carbocycles. The Labute approximate surface area is 74.9 Å². The molecule has 1 aromatic rings. The highest BCUT2D eigenvalue weighted by atomic mass is 31.2. The molecule has 0 bridgehead atoms. The standard InChI is InChI=1S/C4H5N3O4P2/c8-12(9)4(13(10)11)6-3-1-2-5-7-3/h1-2,4H,(H2-2,5,6,7,8,9,10,11)/p+2. The Morgan fingerprint density at radius 3 is 2.46 bits per heavy atom. The SMILES string of the molecule is O=[P+](O)C(Nc1ccn[nH]1)[P+](=O)O. The number of aromatic amines is 1. The number of H-pyrrole nitrogens is 1. The molecule has 0 radical (unpaired) electrons. The van der Waals surface area contributed by atoms with Crippen molar-refractivity contribution in [1.29, 1.82) is 0 Å². The molecule has 9 heteroatoms. The van der Waals surface area contributed by atoms with Gasteiger partial charge in [0.15, 0.2) is 0 Å². The lowest BCUT2D eigenvalue weighted by Gasteiger charge is -1.93. The van der Waals surface area contributed by atoms with Gasteiger partial charge in [-0.25, -0.2) is 0 Å². The summed E-state index contributed by atoms with van der Waals surface area (Å²) >= 11 is 0. The van der Waals surface area contributed by atoms with E-state index in [0.717, 1.165) is 0 Å². The summed E-state index contributed by atoms with van der Waals surface area (Å²) in [5, 5.41) is 8.36. The first-order valence-corrected chi connectivity index (χ1v) is 5.74. The minimum absolute atomic E-state index is 0.319. The lowest BCUT2D eigenvalue weighted by molar-refractivity contribution is 0.482. The number of aromatic nitrogens is 2. The van der Waals surface area contributed by atoms with Crippen molar-refractivity contribution in [3.8, 4) is 0 Å². The van der Waals surface area contributed by atoms with Gasteiger partial charge in [0.25, 0.3) is 0 Å². The van der Waals surface area contributed by atoms with Gasteiger partial charge in [-0.05, 0) is 9.13 Å². The van der Waals surface area contributed by atoms with Gasteiger partial charge in [0.05, 0.1) is 6.20 Å². The van der Waals surface area contributed by atoms with Gasteiger partial charge in [-0.3, -0.25) is 10.4 Å². The topological polar surface area (TPSA) is 115 Å². The summed E-state index contributed by atoms with van der Waals surface area (Å²) in [6.07, 6.45) is 1.41. The molecule has 4 N–H and O–H groups in total. The monoisotopic (exact) mass is 223 g/mol. The highest BCUT2D eigenvalue weighted by Crippen LogP contribution is 2.39. The summed E-state index contributed by atoms with van der Waals surface area (Å²) in [6.45, 7) is 0. The van der Waals surface area contributed by atoms with Crippen LogP contribution in [0.2, 0.25) is 0 Å². The second-order valence-electron chi connectivity index (χ2n) is 2.09. The third-order valence-corrected chi connectivity index (χ3v) is 3.48. The molecule has 0 spiro atoms. The fourth-order valence-corrected chi connectivity index (χ4v) is 1.85. The second-order valence-corrected chi connectivity index (χ2v) is 4.74. The van der Waals surface area contributed by atoms with Gasteiger partial charge < -0.3 is 0 Å². The Morgan fingerprint density at radius 1 is 1.46 bits per heavy atom. The van der Waals surface area contributed by atoms with E-state index in [0.29, 0.717) is 5.82 Å². The average Bonchev–Trinajstić information content (AvgIpc) is 2.50. The molecule has 1 rings (SSSR count). The van der Waals surface area contributed by atoms with Crippen LogP contribution in [0, 0.1) is 0 Å². The van der Waals surface area contributed by atoms with Crippen LogP contribution < -0.4 is 5.32 Å². The molecule has 2 unspecified atom stereocenters. The van der Waals surface area contributed by atoms with Gasteiger partial charge in [0, 0.05) is 6.07 Å². The Morgan fingerprint density at radius 2 is 2.08 bits per heavy atom. The number of rotatable bonds is 4. The largest absolute Gasteiger partial charge is 0.588 e. The molecule has 0 saturated heterocycles. The van der Waals surface area contributed by atoms with Gasteiger partial charge in [0.1, 0.15) is 5.82 Å². The van der Waals surface area contributed by atoms with Crippen LogP contribution in [0.15, 0.2) is 12.3 Å². The molecule has 0 aliphatic carbocycles. The van der Waals surface area contributed by atoms with Crippen molar-refractivity contribution in [3.05, 3.63) is 12.3 Å². The summed E-state index contributed by atoms with van der Waals surface area (Å²) in [5.41, 5.74) is -1.37. The molecule has 2 atom stereocenters. The Balaban J connectivity index is 2.69. The zero-order valence-corrected chi connectivity index (χ0v) is 8.07. The van der Waals surface area contributed by atoms with Gasteiger partial charge in [-0.1, -0.05) is 0 Å². The molecular weight excluding hydrogens is 216 g/mol. The number of anilines is 1. The fourth-order valence-electron chi connectivity index (χ4n) is 0.670. The third kappa shape index (κ3) is 2.82. The molecule has 13 heavy (non-hydrogen) atoms. The number of hydrogen-bond donors (Lipinski definition) is 4. The van der Waals surface area contributed by atoms with Crippen LogP contribution >= 0.6 is 16.1 Å². The van der Waals surface area contributed by atoms with Crippen LogP contribution in [0.4, 0.5) is 5.82 Å². The van der Waals surface area contributed by atoms with Crippen molar-refractivity contribution in [2.24, 2.45) is 0 Å². The van der Waals surface area contributed by atoms with Gasteiger partial charge in [-0.15, -0.1) is 0 Å². The van der Waals surface area contributed by atoms with E-state index in [1.807, 2.05) is 0 Å². The first-order valence-electron chi connectivity index (χ1n) is 3.17. The summed E-state index contributed by atoms with van der Waals surface area (Å²) < 4.78 is 21.1. The molecule has 0 aliphatic heterocycles. The molecule has 1 heterocycles. The number of nitrogens with zero attached hydrogens (tertiary/aromatic N) is 1. The first-order chi connectivity index (χ1) is 6.11. The zero-order valence-electron chi connectivity index (χ0n) is 6.28. The van der Waals surface area contributed by atoms with Gasteiger partial charge in [-0.2, -0.15) is 14.9 Å². The minimum Gasteiger partial charge on any atom is -0.281 e. The first kappa shape index (κ1) is 10.2. The van der Waals surface area contributed by atoms with Gasteiger partial charge in [0.2, 0.25) is 0 Å². The molecular formula is C4H7N3O4P2+2. The minimum atomic E-state index is -2.75. The van der Waals surface area contributed by atoms with Crippen LogP contribution in [0.25, 0.3) is 0 Å². The summed E-state index contributed by atoms with van der Waals surface area (Å²) in [6, 6.07) is 1.48. The Hall–Kier alpha value is -0.870. The molecule has 7 nitrogen and oxygen atoms in total. The Bertz CT molecular complexity index is 299. The zero-order chi connectivity index (χ0) is 9.84. The van der Waals surface area contributed by atoms with E-state index in [1.165, 1.54) is 12.3 Å². The fraction of sp³-hybridized carbons (Fsp3) is 0.250. The smallest absolute Gasteiger partial charge is 0.281 e. The van der Waals surface area contributed by atoms with Crippen molar-refractivity contribution < 1.29 is 18.9 Å². The van der Waals surface area contributed by atoms with Crippen molar-refractivity contribution >= 4 is 21.9 Å². The normalized spacial score (nSPS) is 14.9. The van der Waals surface area contributed by atoms with Crippen molar-refractivity contribution in [1.82, 2.24) is 10.2 Å². The Kier molecular flexibility index (Phi) is 3.45. The van der Waals surface area contributed by atoms with E-state index < -0.39 is 21.6 Å². The summed E-state index contributed by atoms with van der Waals surface area (Å²) in [4.78, 5) is 17.3. The maximum atomic E-state index is 10.6. The number of nitrogens with one attached hydrogen (secondary N) is 2. The van der Waals surface area contributed by atoms with Crippen LogP contribution in [0.3, 0.4) is 0 Å². The predicted octanol–water partition coefficient (Wildman–Crippen LogP) is 0.575. The molecule has 1 aromatic heterocycles. The second kappa shape index (κ2) is 4.39. The molecule has 70 valence electrons. The number of hydrogen-bond acceptors (Lipinski definition) is 4. The van der Waals surface area contributed by atoms with Crippen LogP contribution in [0.1, 0.15) is 0 Å². The predicted molar refractivity (Wildman–Crippen MR) is 45.6 cm³/mol. The van der Waals surface area contributed by atoms with E-state index in [9.17, 15) is 9.13 Å². The van der Waals surface area contributed by atoms with Crippen LogP contribution in [0.5, 0.6) is 0 Å². The van der Waals surface area contributed by atoms with E-state index in [2.05, 4.69) is 15.5 Å². The van der Waals surface area contributed by atoms with E-state index in [1.54, 1.807) is 0 Å². The van der Waals surface area contributed by atoms with E-state index in [-0.39, 0.29) is 0 Å². The van der Waals surface area contributed by atoms with Crippen LogP contribution in [-0.4, -0.2) is 25.5 Å². The molecule has 0 amide bonds. The van der Waals surface area contributed by atoms with E-state index in [4.69, 9.17) is 9.79 Å². The van der Waals surface area contributed by atoms with Crippen molar-refractivity contribution in [2.75, 3.05) is 5.32 Å². The maximum Gasteiger partial charge on any atom is 0.588 e. The summed E-state index contributed by atoms with van der Waals surface area (Å²) in [5.74, 6) is 0.319. The molecule has 0 fully saturated rings. The van der Waals surface area contributed by atoms with Crippen LogP contribution in [-0.2, 0) is 9.13 Å². The van der Waals surface area contributed by atoms with Gasteiger partial charge >= 0.3 is 21.6 Å². The summed E-state index contributed by atoms with van der Waals surface area (Å²) in [7, 11) is -5.50. The third-order valence-electron chi connectivity index (χ3n) is 1.20. The quantitative estimate of drug-likeness (QED) is 0.554. The van der Waals surface area contributed by atoms with Crippen molar-refractivity contribution in [3.63, 3.8) is 0 Å². The molecule has 0 aliphatic rings. The van der Waals surface area contributed by atoms with E-state index >= 15 is 0 Å². The average molecular weight is 223 g/mol. The molecule has 0 saturated carbocycles. The lowest BCUT2D eigenvalue weighted by Crippen LogP contribution is -2.10.